The van der Waals surface area contributed by atoms with Crippen LogP contribution in [0.4, 0.5) is 0 Å². The van der Waals surface area contributed by atoms with Crippen molar-refractivity contribution in [3.63, 3.8) is 0 Å². The number of pyridine rings is 1. The van der Waals surface area contributed by atoms with Gasteiger partial charge in [0.1, 0.15) is 0 Å². The number of hydrogen-bond donors (Lipinski definition) is 0. The topological polar surface area (TPSA) is 34.6 Å². The van der Waals surface area contributed by atoms with E-state index in [-0.39, 0.29) is 0 Å². The predicted molar refractivity (Wildman–Crippen MR) is 91.5 cm³/mol. The molecule has 0 spiro atoms. The highest BCUT2D eigenvalue weighted by Crippen LogP contribution is 2.33. The van der Waals surface area contributed by atoms with Gasteiger partial charge in [-0.2, -0.15) is 0 Å². The highest BCUT2D eigenvalue weighted by Gasteiger charge is 2.11. The molecule has 0 fully saturated rings. The van der Waals surface area contributed by atoms with Gasteiger partial charge in [0.2, 0.25) is 0 Å². The molecule has 1 aromatic carbocycles. The molecule has 0 N–H and O–H groups in total. The van der Waals surface area contributed by atoms with E-state index in [1.807, 2.05) is 30.5 Å². The molecule has 0 bridgehead atoms. The minimum atomic E-state index is 0.731. The Morgan fingerprint density at radius 1 is 1.14 bits per heavy atom. The van der Waals surface area contributed by atoms with Crippen LogP contribution in [0.15, 0.2) is 41.0 Å². The summed E-state index contributed by atoms with van der Waals surface area (Å²) in [5, 5.41) is 0. The number of hydrogen-bond acceptors (Lipinski definition) is 4. The van der Waals surface area contributed by atoms with Crippen molar-refractivity contribution >= 4 is 15.9 Å². The van der Waals surface area contributed by atoms with Crippen LogP contribution in [-0.2, 0) is 13.0 Å². The van der Waals surface area contributed by atoms with Crippen LogP contribution in [0.25, 0.3) is 0 Å². The zero-order valence-corrected chi connectivity index (χ0v) is 14.8. The molecule has 0 saturated carbocycles. The number of halogens is 1. The number of ether oxygens (including phenoxy) is 2. The molecule has 22 heavy (non-hydrogen) atoms. The molecule has 2 aromatic rings. The van der Waals surface area contributed by atoms with E-state index in [0.717, 1.165) is 41.2 Å². The summed E-state index contributed by atoms with van der Waals surface area (Å²) < 4.78 is 11.7. The van der Waals surface area contributed by atoms with Gasteiger partial charge in [0.05, 0.1) is 14.2 Å². The van der Waals surface area contributed by atoms with Gasteiger partial charge in [-0.25, -0.2) is 0 Å². The molecule has 0 aliphatic rings. The van der Waals surface area contributed by atoms with Crippen molar-refractivity contribution in [1.82, 2.24) is 9.88 Å². The molecule has 5 heteroatoms. The second-order valence-corrected chi connectivity index (χ2v) is 5.96. The van der Waals surface area contributed by atoms with Crippen molar-refractivity contribution in [1.29, 1.82) is 0 Å². The normalized spacial score (nSPS) is 10.8. The number of nitrogens with zero attached hydrogens (tertiary/aromatic N) is 2. The largest absolute Gasteiger partial charge is 0.493 e. The van der Waals surface area contributed by atoms with Gasteiger partial charge in [-0.1, -0.05) is 22.0 Å². The Morgan fingerprint density at radius 3 is 2.50 bits per heavy atom. The number of rotatable bonds is 7. The highest BCUT2D eigenvalue weighted by atomic mass is 79.9. The van der Waals surface area contributed by atoms with Gasteiger partial charge in [0.25, 0.3) is 0 Å². The van der Waals surface area contributed by atoms with Crippen LogP contribution in [0, 0.1) is 0 Å². The molecule has 0 amide bonds. The fraction of sp³-hybridized carbons (Fsp3) is 0.353. The maximum atomic E-state index is 5.37. The Morgan fingerprint density at radius 2 is 1.86 bits per heavy atom. The van der Waals surface area contributed by atoms with Crippen molar-refractivity contribution in [2.24, 2.45) is 0 Å². The summed E-state index contributed by atoms with van der Waals surface area (Å²) in [5.74, 6) is 1.48. The summed E-state index contributed by atoms with van der Waals surface area (Å²) in [6.45, 7) is 1.77. The van der Waals surface area contributed by atoms with Gasteiger partial charge in [0.15, 0.2) is 11.5 Å². The van der Waals surface area contributed by atoms with E-state index in [9.17, 15) is 0 Å². The number of methoxy groups -OCH3 is 2. The van der Waals surface area contributed by atoms with Gasteiger partial charge in [-0.3, -0.25) is 4.98 Å². The van der Waals surface area contributed by atoms with Crippen molar-refractivity contribution < 1.29 is 9.47 Å². The molecular formula is C17H21BrN2O2. The third-order valence-corrected chi connectivity index (χ3v) is 4.21. The summed E-state index contributed by atoms with van der Waals surface area (Å²) >= 11 is 3.60. The maximum Gasteiger partial charge on any atom is 0.161 e. The Kier molecular flexibility index (Phi) is 6.21. The maximum absolute atomic E-state index is 5.37. The molecule has 0 aliphatic heterocycles. The zero-order valence-electron chi connectivity index (χ0n) is 13.2. The van der Waals surface area contributed by atoms with Crippen LogP contribution in [0.3, 0.4) is 0 Å². The van der Waals surface area contributed by atoms with Gasteiger partial charge in [-0.15, -0.1) is 0 Å². The van der Waals surface area contributed by atoms with Gasteiger partial charge >= 0.3 is 0 Å². The average Bonchev–Trinajstić information content (AvgIpc) is 2.55. The lowest BCUT2D eigenvalue weighted by Crippen LogP contribution is -2.21. The average molecular weight is 365 g/mol. The number of benzene rings is 1. The Bertz CT molecular complexity index is 605. The van der Waals surface area contributed by atoms with Crippen molar-refractivity contribution in [2.75, 3.05) is 27.8 Å². The van der Waals surface area contributed by atoms with E-state index < -0.39 is 0 Å². The van der Waals surface area contributed by atoms with E-state index in [1.54, 1.807) is 14.2 Å². The van der Waals surface area contributed by atoms with Gasteiger partial charge in [-0.05, 0) is 36.9 Å². The van der Waals surface area contributed by atoms with E-state index in [1.165, 1.54) is 5.56 Å². The monoisotopic (exact) mass is 364 g/mol. The number of aromatic nitrogens is 1. The molecule has 0 saturated heterocycles. The van der Waals surface area contributed by atoms with Crippen LogP contribution in [-0.4, -0.2) is 37.7 Å². The van der Waals surface area contributed by atoms with Gasteiger partial charge in [0, 0.05) is 35.9 Å². The third kappa shape index (κ3) is 4.45. The lowest BCUT2D eigenvalue weighted by atomic mass is 10.2. The Hall–Kier alpha value is -1.59. The van der Waals surface area contributed by atoms with Gasteiger partial charge < -0.3 is 14.4 Å². The first-order valence-corrected chi connectivity index (χ1v) is 7.92. The third-order valence-electron chi connectivity index (χ3n) is 3.47. The first-order chi connectivity index (χ1) is 10.6. The number of likely N-dealkylation sites (N-methyl/N-ethyl adjacent to an activating group) is 1. The molecule has 0 aliphatic carbocycles. The molecule has 0 atom stereocenters. The van der Waals surface area contributed by atoms with Crippen molar-refractivity contribution in [2.45, 2.75) is 13.0 Å². The minimum Gasteiger partial charge on any atom is -0.493 e. The van der Waals surface area contributed by atoms with E-state index in [4.69, 9.17) is 9.47 Å². The fourth-order valence-corrected chi connectivity index (χ4v) is 2.69. The predicted octanol–water partition coefficient (Wildman–Crippen LogP) is 3.54. The Balaban J connectivity index is 2.00. The summed E-state index contributed by atoms with van der Waals surface area (Å²) in [6, 6.07) is 9.97. The first-order valence-electron chi connectivity index (χ1n) is 7.13. The van der Waals surface area contributed by atoms with Crippen LogP contribution in [0.1, 0.15) is 11.3 Å². The molecule has 1 aromatic heterocycles. The first kappa shape index (κ1) is 16.8. The smallest absolute Gasteiger partial charge is 0.161 e. The molecule has 0 radical (unpaired) electrons. The SMILES string of the molecule is COc1cc(Br)c(CN(C)CCc2ccccn2)cc1OC. The molecule has 2 rings (SSSR count). The highest BCUT2D eigenvalue weighted by molar-refractivity contribution is 9.10. The summed E-state index contributed by atoms with van der Waals surface area (Å²) in [5.41, 5.74) is 2.28. The summed E-state index contributed by atoms with van der Waals surface area (Å²) in [4.78, 5) is 6.62. The van der Waals surface area contributed by atoms with Crippen LogP contribution in [0.2, 0.25) is 0 Å². The van der Waals surface area contributed by atoms with Crippen molar-refractivity contribution in [3.05, 3.63) is 52.3 Å². The molecule has 0 unspecified atom stereocenters. The van der Waals surface area contributed by atoms with E-state index >= 15 is 0 Å². The summed E-state index contributed by atoms with van der Waals surface area (Å²) in [6.07, 6.45) is 2.77. The van der Waals surface area contributed by atoms with E-state index in [0.29, 0.717) is 0 Å². The van der Waals surface area contributed by atoms with Crippen LogP contribution >= 0.6 is 15.9 Å². The molecular weight excluding hydrogens is 344 g/mol. The zero-order chi connectivity index (χ0) is 15.9. The van der Waals surface area contributed by atoms with Crippen LogP contribution < -0.4 is 9.47 Å². The van der Waals surface area contributed by atoms with Crippen molar-refractivity contribution in [3.8, 4) is 11.5 Å². The molecule has 1 heterocycles. The lowest BCUT2D eigenvalue weighted by Gasteiger charge is -2.19. The molecule has 118 valence electrons. The minimum absolute atomic E-state index is 0.731. The summed E-state index contributed by atoms with van der Waals surface area (Å²) in [7, 11) is 5.40. The molecule has 4 nitrogen and oxygen atoms in total. The van der Waals surface area contributed by atoms with Crippen LogP contribution in [0.5, 0.6) is 11.5 Å². The standard InChI is InChI=1S/C17H21BrN2O2/c1-20(9-7-14-6-4-5-8-19-14)12-13-10-16(21-2)17(22-3)11-15(13)18/h4-6,8,10-11H,7,9,12H2,1-3H3. The fourth-order valence-electron chi connectivity index (χ4n) is 2.24. The second kappa shape index (κ2) is 8.15. The lowest BCUT2D eigenvalue weighted by molar-refractivity contribution is 0.325. The van der Waals surface area contributed by atoms with E-state index in [2.05, 4.69) is 38.9 Å². The second-order valence-electron chi connectivity index (χ2n) is 5.11. The Labute approximate surface area is 140 Å². The quantitative estimate of drug-likeness (QED) is 0.752.